The lowest BCUT2D eigenvalue weighted by Crippen LogP contribution is -2.23. The van der Waals surface area contributed by atoms with Crippen molar-refractivity contribution in [2.75, 3.05) is 6.54 Å². The van der Waals surface area contributed by atoms with Crippen LogP contribution in [0.15, 0.2) is 30.2 Å². The molecule has 0 bridgehead atoms. The molecule has 8 heteroatoms. The Kier molecular flexibility index (Phi) is 5.06. The Bertz CT molecular complexity index is 473. The molecule has 18 heavy (non-hydrogen) atoms. The van der Waals surface area contributed by atoms with Crippen molar-refractivity contribution in [3.63, 3.8) is 0 Å². The highest BCUT2D eigenvalue weighted by molar-refractivity contribution is 6.29. The number of aromatic nitrogens is 1. The number of halogens is 1. The molecule has 2 N–H and O–H groups in total. The predicted molar refractivity (Wildman–Crippen MR) is 63.7 cm³/mol. The maximum atomic E-state index is 10.4. The number of carboxylic acids is 1. The second-order valence-corrected chi connectivity index (χ2v) is 3.74. The van der Waals surface area contributed by atoms with Crippen LogP contribution in [0, 0.1) is 10.1 Å². The molecule has 1 aromatic rings. The van der Waals surface area contributed by atoms with Gasteiger partial charge in [-0.2, -0.15) is 0 Å². The third-order valence-corrected chi connectivity index (χ3v) is 2.13. The van der Waals surface area contributed by atoms with E-state index in [0.717, 1.165) is 6.20 Å². The Hall–Kier alpha value is -2.15. The highest BCUT2D eigenvalue weighted by Gasteiger charge is 2.07. The summed E-state index contributed by atoms with van der Waals surface area (Å²) in [7, 11) is 0. The first-order valence-electron chi connectivity index (χ1n) is 4.87. The molecule has 0 aliphatic carbocycles. The van der Waals surface area contributed by atoms with E-state index < -0.39 is 10.9 Å². The Morgan fingerprint density at radius 3 is 2.83 bits per heavy atom. The zero-order chi connectivity index (χ0) is 13.5. The van der Waals surface area contributed by atoms with Crippen LogP contribution in [0.5, 0.6) is 0 Å². The summed E-state index contributed by atoms with van der Waals surface area (Å²) in [6.07, 6.45) is 2.38. The van der Waals surface area contributed by atoms with E-state index in [-0.39, 0.29) is 18.7 Å². The van der Waals surface area contributed by atoms with Crippen LogP contribution in [0.2, 0.25) is 5.15 Å². The van der Waals surface area contributed by atoms with Gasteiger partial charge in [0.25, 0.3) is 6.20 Å². The quantitative estimate of drug-likeness (QED) is 0.455. The lowest BCUT2D eigenvalue weighted by atomic mass is 10.1. The Labute approximate surface area is 107 Å². The molecule has 0 saturated carbocycles. The number of rotatable bonds is 6. The van der Waals surface area contributed by atoms with Crippen LogP contribution in [-0.4, -0.2) is 27.5 Å². The number of pyridine rings is 1. The summed E-state index contributed by atoms with van der Waals surface area (Å²) in [5.74, 6) is -1.10. The molecule has 0 unspecified atom stereocenters. The van der Waals surface area contributed by atoms with Gasteiger partial charge in [0.15, 0.2) is 0 Å². The summed E-state index contributed by atoms with van der Waals surface area (Å²) < 4.78 is 0. The van der Waals surface area contributed by atoms with Crippen molar-refractivity contribution >= 4 is 17.6 Å². The smallest absolute Gasteiger partial charge is 0.322 e. The largest absolute Gasteiger partial charge is 0.480 e. The van der Waals surface area contributed by atoms with Gasteiger partial charge in [0.1, 0.15) is 11.7 Å². The van der Waals surface area contributed by atoms with Gasteiger partial charge in [-0.3, -0.25) is 14.9 Å². The molecule has 96 valence electrons. The zero-order valence-corrected chi connectivity index (χ0v) is 9.92. The maximum absolute atomic E-state index is 10.4. The fourth-order valence-corrected chi connectivity index (χ4v) is 1.31. The van der Waals surface area contributed by atoms with Crippen molar-refractivity contribution < 1.29 is 14.8 Å². The molecule has 0 radical (unpaired) electrons. The van der Waals surface area contributed by atoms with Crippen LogP contribution in [0.4, 0.5) is 0 Å². The minimum absolute atomic E-state index is 0.179. The number of carboxylic acid groups (broad SMARTS) is 1. The number of hydrogen-bond acceptors (Lipinski definition) is 5. The summed E-state index contributed by atoms with van der Waals surface area (Å²) in [4.78, 5) is 24.0. The minimum atomic E-state index is -1.10. The van der Waals surface area contributed by atoms with Crippen LogP contribution in [0.3, 0.4) is 0 Å². The fourth-order valence-electron chi connectivity index (χ4n) is 1.20. The van der Waals surface area contributed by atoms with Crippen molar-refractivity contribution in [3.05, 3.63) is 51.1 Å². The van der Waals surface area contributed by atoms with E-state index in [4.69, 9.17) is 16.7 Å². The van der Waals surface area contributed by atoms with Crippen LogP contribution < -0.4 is 5.32 Å². The Morgan fingerprint density at radius 2 is 2.33 bits per heavy atom. The lowest BCUT2D eigenvalue weighted by molar-refractivity contribution is -0.403. The van der Waals surface area contributed by atoms with Gasteiger partial charge in [-0.1, -0.05) is 17.7 Å². The highest BCUT2D eigenvalue weighted by atomic mass is 35.5. The summed E-state index contributed by atoms with van der Waals surface area (Å²) >= 11 is 5.61. The number of hydrogen-bond donors (Lipinski definition) is 2. The van der Waals surface area contributed by atoms with Gasteiger partial charge in [-0.05, 0) is 11.6 Å². The molecule has 0 fully saturated rings. The molecule has 0 aliphatic rings. The topological polar surface area (TPSA) is 105 Å². The van der Waals surface area contributed by atoms with Gasteiger partial charge in [-0.25, -0.2) is 4.98 Å². The van der Waals surface area contributed by atoms with Gasteiger partial charge in [-0.15, -0.1) is 0 Å². The van der Waals surface area contributed by atoms with E-state index in [2.05, 4.69) is 10.3 Å². The van der Waals surface area contributed by atoms with E-state index in [9.17, 15) is 14.9 Å². The van der Waals surface area contributed by atoms with E-state index in [1.807, 2.05) is 0 Å². The molecule has 0 saturated heterocycles. The molecule has 7 nitrogen and oxygen atoms in total. The second-order valence-electron chi connectivity index (χ2n) is 3.35. The molecule has 0 atom stereocenters. The normalized spacial score (nSPS) is 11.1. The first-order chi connectivity index (χ1) is 8.47. The molecular formula is C10H10ClN3O4. The standard InChI is InChI=1S/C10H10ClN3O4/c11-9-2-1-7(4-13-9)3-8(6-14(17)18)12-5-10(15)16/h1-2,4,6,12H,3,5H2,(H,15,16). The van der Waals surface area contributed by atoms with Crippen LogP contribution in [-0.2, 0) is 11.2 Å². The summed E-state index contributed by atoms with van der Waals surface area (Å²) in [6.45, 7) is -0.388. The molecule has 1 rings (SSSR count). The average molecular weight is 272 g/mol. The Balaban J connectivity index is 2.75. The SMILES string of the molecule is O=C(O)CNC(=C[N+](=O)[O-])Cc1ccc(Cl)nc1. The first-order valence-corrected chi connectivity index (χ1v) is 5.25. The molecule has 0 spiro atoms. The summed E-state index contributed by atoms with van der Waals surface area (Å²) in [5.41, 5.74) is 0.872. The van der Waals surface area contributed by atoms with Gasteiger partial charge in [0.2, 0.25) is 0 Å². The van der Waals surface area contributed by atoms with Gasteiger partial charge in [0.05, 0.1) is 10.6 Å². The monoisotopic (exact) mass is 271 g/mol. The van der Waals surface area contributed by atoms with Crippen LogP contribution in [0.25, 0.3) is 0 Å². The first kappa shape index (κ1) is 13.9. The Morgan fingerprint density at radius 1 is 1.61 bits per heavy atom. The number of carbonyl (C=O) groups is 1. The van der Waals surface area contributed by atoms with Gasteiger partial charge < -0.3 is 10.4 Å². The van der Waals surface area contributed by atoms with Crippen LogP contribution >= 0.6 is 11.6 Å². The number of nitrogens with zero attached hydrogens (tertiary/aromatic N) is 2. The number of nitrogens with one attached hydrogen (secondary N) is 1. The third kappa shape index (κ3) is 5.26. The van der Waals surface area contributed by atoms with Crippen molar-refractivity contribution in [3.8, 4) is 0 Å². The second kappa shape index (κ2) is 6.55. The fraction of sp³-hybridized carbons (Fsp3) is 0.200. The average Bonchev–Trinajstić information content (AvgIpc) is 2.28. The van der Waals surface area contributed by atoms with Crippen molar-refractivity contribution in [1.29, 1.82) is 0 Å². The van der Waals surface area contributed by atoms with Gasteiger partial charge in [0, 0.05) is 12.6 Å². The van der Waals surface area contributed by atoms with Crippen molar-refractivity contribution in [1.82, 2.24) is 10.3 Å². The minimum Gasteiger partial charge on any atom is -0.480 e. The van der Waals surface area contributed by atoms with E-state index in [0.29, 0.717) is 10.7 Å². The predicted octanol–water partition coefficient (Wildman–Crippen LogP) is 1.07. The van der Waals surface area contributed by atoms with Crippen molar-refractivity contribution in [2.24, 2.45) is 0 Å². The van der Waals surface area contributed by atoms with E-state index in [1.165, 1.54) is 6.20 Å². The summed E-state index contributed by atoms with van der Waals surface area (Å²) in [5, 5.41) is 21.7. The zero-order valence-electron chi connectivity index (χ0n) is 9.17. The van der Waals surface area contributed by atoms with Crippen molar-refractivity contribution in [2.45, 2.75) is 6.42 Å². The number of aliphatic carboxylic acids is 1. The number of allylic oxidation sites excluding steroid dienone is 1. The molecule has 0 amide bonds. The summed E-state index contributed by atoms with van der Waals surface area (Å²) in [6, 6.07) is 3.21. The molecule has 1 aromatic heterocycles. The number of nitro groups is 1. The van der Waals surface area contributed by atoms with Crippen LogP contribution in [0.1, 0.15) is 5.56 Å². The molecule has 0 aliphatic heterocycles. The molecule has 1 heterocycles. The maximum Gasteiger partial charge on any atom is 0.322 e. The van der Waals surface area contributed by atoms with Gasteiger partial charge >= 0.3 is 5.97 Å². The van der Waals surface area contributed by atoms with E-state index >= 15 is 0 Å². The lowest BCUT2D eigenvalue weighted by Gasteiger charge is -2.06. The third-order valence-electron chi connectivity index (χ3n) is 1.91. The molecular weight excluding hydrogens is 262 g/mol. The highest BCUT2D eigenvalue weighted by Crippen LogP contribution is 2.09. The molecule has 0 aromatic carbocycles. The van der Waals surface area contributed by atoms with E-state index in [1.54, 1.807) is 12.1 Å².